The summed E-state index contributed by atoms with van der Waals surface area (Å²) in [5.74, 6) is 0.738. The maximum Gasteiger partial charge on any atom is 0.171 e. The van der Waals surface area contributed by atoms with Gasteiger partial charge in [-0.3, -0.25) is 4.98 Å². The smallest absolute Gasteiger partial charge is 0.171 e. The molecule has 4 heterocycles. The summed E-state index contributed by atoms with van der Waals surface area (Å²) in [7, 11) is -1.45. The zero-order valence-corrected chi connectivity index (χ0v) is 28.4. The Hall–Kier alpha value is -4.75. The molecule has 0 saturated heterocycles. The fourth-order valence-electron chi connectivity index (χ4n) is 5.28. The normalized spacial score (nSPS) is 11.3. The van der Waals surface area contributed by atoms with Gasteiger partial charge >= 0.3 is 0 Å². The van der Waals surface area contributed by atoms with E-state index in [4.69, 9.17) is 9.40 Å². The van der Waals surface area contributed by atoms with Crippen LogP contribution in [0.2, 0.25) is 19.6 Å². The van der Waals surface area contributed by atoms with Crippen molar-refractivity contribution in [3.05, 3.63) is 134 Å². The van der Waals surface area contributed by atoms with Crippen LogP contribution in [0.15, 0.2) is 126 Å². The third-order valence-corrected chi connectivity index (χ3v) is 9.57. The molecule has 0 aliphatic heterocycles. The van der Waals surface area contributed by atoms with E-state index in [9.17, 15) is 0 Å². The number of aromatic nitrogens is 5. The third-order valence-electron chi connectivity index (χ3n) is 7.52. The van der Waals surface area contributed by atoms with Gasteiger partial charge in [-0.15, -0.1) is 54.1 Å². The Balaban J connectivity index is 0.000000231. The van der Waals surface area contributed by atoms with Crippen LogP contribution >= 0.6 is 0 Å². The van der Waals surface area contributed by atoms with Crippen molar-refractivity contribution >= 4 is 46.4 Å². The van der Waals surface area contributed by atoms with Crippen molar-refractivity contribution in [2.24, 2.45) is 0 Å². The molecule has 8 rings (SSSR count). The van der Waals surface area contributed by atoms with E-state index < -0.39 is 8.07 Å². The van der Waals surface area contributed by atoms with Crippen molar-refractivity contribution < 1.29 is 24.5 Å². The summed E-state index contributed by atoms with van der Waals surface area (Å²) < 4.78 is 8.53. The first-order valence-corrected chi connectivity index (χ1v) is 18.0. The molecule has 4 aromatic carbocycles. The first kappa shape index (κ1) is 30.3. The van der Waals surface area contributed by atoms with Gasteiger partial charge in [0.1, 0.15) is 17.4 Å². The Morgan fingerprint density at radius 2 is 1.60 bits per heavy atom. The molecule has 0 N–H and O–H groups in total. The summed E-state index contributed by atoms with van der Waals surface area (Å²) in [6.07, 6.45) is 5.11. The number of hydrogen-bond donors (Lipinski definition) is 0. The summed E-state index contributed by atoms with van der Waals surface area (Å²) in [6.45, 7) is 7.04. The summed E-state index contributed by atoms with van der Waals surface area (Å²) in [5, 5.41) is 3.55. The molecule has 0 spiro atoms. The number of para-hydroxylation sites is 1. The van der Waals surface area contributed by atoms with Crippen molar-refractivity contribution in [1.82, 2.24) is 24.5 Å². The first-order valence-electron chi connectivity index (χ1n) is 14.5. The van der Waals surface area contributed by atoms with Crippen LogP contribution in [-0.4, -0.2) is 32.6 Å². The maximum absolute atomic E-state index is 6.46. The van der Waals surface area contributed by atoms with Gasteiger partial charge in [0.15, 0.2) is 5.65 Å². The van der Waals surface area contributed by atoms with Gasteiger partial charge in [-0.25, -0.2) is 9.97 Å². The van der Waals surface area contributed by atoms with E-state index in [1.165, 1.54) is 11.5 Å². The Morgan fingerprint density at radius 3 is 2.36 bits per heavy atom. The fourth-order valence-corrected chi connectivity index (χ4v) is 6.43. The molecule has 0 atom stereocenters. The second kappa shape index (κ2) is 12.7. The Morgan fingerprint density at radius 1 is 0.778 bits per heavy atom. The standard InChI is InChI=1S/C26H21N4OSi.C11H8N.Ir/c1-32(2,3)18-12-13-19-20-10-7-11-21(24(20)31-23(19)14-18)26-29-25-22(15-27-16-28-25)30(26)17-8-5-4-6-9-17;1-2-6-10(7-3-1)11-8-4-5-9-12-11;/h4-10,12-16H,1-3H3;1-6,8-9H;/q2*-1;. The van der Waals surface area contributed by atoms with Crippen LogP contribution in [0.25, 0.3) is 61.4 Å². The second-order valence-corrected chi connectivity index (χ2v) is 16.6. The molecule has 223 valence electrons. The van der Waals surface area contributed by atoms with Crippen LogP contribution < -0.4 is 5.19 Å². The number of benzene rings is 4. The molecular formula is C37H29IrN5OSi-2. The van der Waals surface area contributed by atoms with Gasteiger partial charge in [0.2, 0.25) is 0 Å². The van der Waals surface area contributed by atoms with Gasteiger partial charge in [-0.1, -0.05) is 78.2 Å². The first-order chi connectivity index (χ1) is 21.5. The molecule has 0 unspecified atom stereocenters. The SMILES string of the molecule is C[Si](C)(C)c1ccc2c(c1)oc1c(-c3nc4ncncc4n3-c3ccccc3)[c-]ccc12.[Ir].[c-]1ccccc1-c1ccccn1. The molecule has 4 aromatic heterocycles. The van der Waals surface area contributed by atoms with Crippen molar-refractivity contribution in [2.45, 2.75) is 19.6 Å². The summed E-state index contributed by atoms with van der Waals surface area (Å²) in [4.78, 5) is 17.7. The van der Waals surface area contributed by atoms with Crippen LogP contribution in [-0.2, 0) is 20.1 Å². The monoisotopic (exact) mass is 780 g/mol. The van der Waals surface area contributed by atoms with Crippen LogP contribution in [0.1, 0.15) is 0 Å². The molecule has 0 aliphatic carbocycles. The van der Waals surface area contributed by atoms with E-state index in [-0.39, 0.29) is 20.1 Å². The van der Waals surface area contributed by atoms with Crippen LogP contribution in [0.4, 0.5) is 0 Å². The van der Waals surface area contributed by atoms with Gasteiger partial charge in [0, 0.05) is 37.4 Å². The molecule has 6 nitrogen and oxygen atoms in total. The minimum Gasteiger partial charge on any atom is -0.501 e. The average Bonchev–Trinajstić information content (AvgIpc) is 3.64. The Bertz CT molecular complexity index is 2170. The zero-order valence-electron chi connectivity index (χ0n) is 25.0. The molecule has 0 saturated carbocycles. The number of pyridine rings is 1. The number of hydrogen-bond acceptors (Lipinski definition) is 5. The van der Waals surface area contributed by atoms with Gasteiger partial charge in [-0.2, -0.15) is 0 Å². The van der Waals surface area contributed by atoms with Crippen molar-refractivity contribution in [2.75, 3.05) is 0 Å². The maximum atomic E-state index is 6.46. The topological polar surface area (TPSA) is 69.6 Å². The minimum atomic E-state index is -1.45. The van der Waals surface area contributed by atoms with Gasteiger partial charge < -0.3 is 14.0 Å². The van der Waals surface area contributed by atoms with Gasteiger partial charge in [0.25, 0.3) is 0 Å². The minimum absolute atomic E-state index is 0. The van der Waals surface area contributed by atoms with Crippen LogP contribution in [0.3, 0.4) is 0 Å². The number of rotatable bonds is 4. The largest absolute Gasteiger partial charge is 0.501 e. The summed E-state index contributed by atoms with van der Waals surface area (Å²) in [5.41, 5.74) is 6.99. The predicted molar refractivity (Wildman–Crippen MR) is 180 cm³/mol. The molecule has 0 amide bonds. The van der Waals surface area contributed by atoms with Crippen molar-refractivity contribution in [3.63, 3.8) is 0 Å². The molecule has 8 aromatic rings. The zero-order chi connectivity index (χ0) is 30.1. The van der Waals surface area contributed by atoms with E-state index in [2.05, 4.69) is 87.7 Å². The fraction of sp³-hybridized carbons (Fsp3) is 0.0811. The number of imidazole rings is 1. The second-order valence-electron chi connectivity index (χ2n) is 11.5. The van der Waals surface area contributed by atoms with E-state index in [0.29, 0.717) is 5.65 Å². The predicted octanol–water partition coefficient (Wildman–Crippen LogP) is 8.27. The van der Waals surface area contributed by atoms with Crippen LogP contribution in [0, 0.1) is 12.1 Å². The Kier molecular flexibility index (Phi) is 8.54. The van der Waals surface area contributed by atoms with Gasteiger partial charge in [-0.05, 0) is 30.0 Å². The van der Waals surface area contributed by atoms with E-state index in [1.54, 1.807) is 12.4 Å². The molecule has 0 fully saturated rings. The summed E-state index contributed by atoms with van der Waals surface area (Å²) >= 11 is 0. The number of furan rings is 1. The quantitative estimate of drug-likeness (QED) is 0.133. The molecule has 45 heavy (non-hydrogen) atoms. The average molecular weight is 780 g/mol. The molecule has 1 radical (unpaired) electrons. The number of fused-ring (bicyclic) bond motifs is 4. The van der Waals surface area contributed by atoms with E-state index in [1.807, 2.05) is 66.7 Å². The van der Waals surface area contributed by atoms with E-state index >= 15 is 0 Å². The molecule has 0 bridgehead atoms. The molecule has 8 heteroatoms. The van der Waals surface area contributed by atoms with Crippen molar-refractivity contribution in [1.29, 1.82) is 0 Å². The Labute approximate surface area is 276 Å². The molecule has 0 aliphatic rings. The van der Waals surface area contributed by atoms with Crippen molar-refractivity contribution in [3.8, 4) is 28.3 Å². The summed E-state index contributed by atoms with van der Waals surface area (Å²) in [6, 6.07) is 41.0. The number of nitrogens with zero attached hydrogens (tertiary/aromatic N) is 5. The van der Waals surface area contributed by atoms with E-state index in [0.717, 1.165) is 55.8 Å². The third kappa shape index (κ3) is 6.00. The van der Waals surface area contributed by atoms with Gasteiger partial charge in [0.05, 0.1) is 25.7 Å². The van der Waals surface area contributed by atoms with Crippen LogP contribution in [0.5, 0.6) is 0 Å². The molecular weight excluding hydrogens is 751 g/mol.